The molecule has 0 fully saturated rings. The fraction of sp³-hybridized carbons (Fsp3) is 0.353. The quantitative estimate of drug-likeness (QED) is 0.862. The van der Waals surface area contributed by atoms with Crippen LogP contribution in [-0.4, -0.2) is 34.9 Å². The maximum absolute atomic E-state index is 12.4. The van der Waals surface area contributed by atoms with E-state index < -0.39 is 0 Å². The SMILES string of the molecule is CCN(CC)C(=O)c1sc(NC(=O)Nc2cccc(C)c2)nc1C. The lowest BCUT2D eigenvalue weighted by atomic mass is 10.2. The molecule has 0 saturated carbocycles. The number of rotatable bonds is 5. The highest BCUT2D eigenvalue weighted by molar-refractivity contribution is 7.17. The van der Waals surface area contributed by atoms with E-state index in [-0.39, 0.29) is 11.9 Å². The van der Waals surface area contributed by atoms with Crippen molar-refractivity contribution in [3.63, 3.8) is 0 Å². The summed E-state index contributed by atoms with van der Waals surface area (Å²) in [5, 5.41) is 5.85. The molecule has 0 saturated heterocycles. The Morgan fingerprint density at radius 3 is 2.50 bits per heavy atom. The lowest BCUT2D eigenvalue weighted by Gasteiger charge is -2.17. The molecule has 1 heterocycles. The van der Waals surface area contributed by atoms with E-state index in [1.54, 1.807) is 11.8 Å². The molecule has 7 heteroatoms. The first-order valence-corrected chi connectivity index (χ1v) is 8.67. The van der Waals surface area contributed by atoms with Crippen molar-refractivity contribution < 1.29 is 9.59 Å². The predicted molar refractivity (Wildman–Crippen MR) is 97.9 cm³/mol. The molecular formula is C17H22N4O2S. The summed E-state index contributed by atoms with van der Waals surface area (Å²) in [4.78, 5) is 31.1. The highest BCUT2D eigenvalue weighted by Crippen LogP contribution is 2.24. The van der Waals surface area contributed by atoms with Crippen molar-refractivity contribution in [3.8, 4) is 0 Å². The number of urea groups is 1. The van der Waals surface area contributed by atoms with Crippen LogP contribution in [0.5, 0.6) is 0 Å². The van der Waals surface area contributed by atoms with Crippen molar-refractivity contribution >= 4 is 34.1 Å². The maximum Gasteiger partial charge on any atom is 0.325 e. The number of hydrogen-bond acceptors (Lipinski definition) is 4. The summed E-state index contributed by atoms with van der Waals surface area (Å²) in [5.74, 6) is -0.0536. The molecule has 0 aliphatic heterocycles. The molecule has 3 amide bonds. The average molecular weight is 346 g/mol. The van der Waals surface area contributed by atoms with E-state index >= 15 is 0 Å². The molecule has 2 rings (SSSR count). The predicted octanol–water partition coefficient (Wildman–Crippen LogP) is 3.89. The molecule has 0 aliphatic carbocycles. The van der Waals surface area contributed by atoms with Gasteiger partial charge in [-0.25, -0.2) is 9.78 Å². The third-order valence-electron chi connectivity index (χ3n) is 3.54. The van der Waals surface area contributed by atoms with E-state index in [1.807, 2.05) is 45.0 Å². The third-order valence-corrected chi connectivity index (χ3v) is 4.60. The van der Waals surface area contributed by atoms with Crippen LogP contribution in [-0.2, 0) is 0 Å². The molecule has 128 valence electrons. The Bertz CT molecular complexity index is 738. The molecule has 0 radical (unpaired) electrons. The van der Waals surface area contributed by atoms with E-state index in [0.29, 0.717) is 34.5 Å². The van der Waals surface area contributed by atoms with Crippen LogP contribution in [0.2, 0.25) is 0 Å². The fourth-order valence-electron chi connectivity index (χ4n) is 2.29. The minimum Gasteiger partial charge on any atom is -0.338 e. The second-order valence-electron chi connectivity index (χ2n) is 5.36. The number of nitrogens with one attached hydrogen (secondary N) is 2. The number of benzene rings is 1. The normalized spacial score (nSPS) is 10.3. The molecule has 2 N–H and O–H groups in total. The zero-order valence-electron chi connectivity index (χ0n) is 14.3. The number of hydrogen-bond donors (Lipinski definition) is 2. The van der Waals surface area contributed by atoms with Crippen molar-refractivity contribution in [2.45, 2.75) is 27.7 Å². The van der Waals surface area contributed by atoms with Crippen molar-refractivity contribution in [2.75, 3.05) is 23.7 Å². The summed E-state index contributed by atoms with van der Waals surface area (Å²) in [6.07, 6.45) is 0. The van der Waals surface area contributed by atoms with E-state index in [1.165, 1.54) is 11.3 Å². The Labute approximate surface area is 145 Å². The van der Waals surface area contributed by atoms with Crippen LogP contribution >= 0.6 is 11.3 Å². The lowest BCUT2D eigenvalue weighted by molar-refractivity contribution is 0.0777. The zero-order chi connectivity index (χ0) is 17.7. The van der Waals surface area contributed by atoms with E-state index in [4.69, 9.17) is 0 Å². The van der Waals surface area contributed by atoms with Gasteiger partial charge < -0.3 is 10.2 Å². The zero-order valence-corrected chi connectivity index (χ0v) is 15.2. The van der Waals surface area contributed by atoms with E-state index in [0.717, 1.165) is 5.56 Å². The first-order valence-electron chi connectivity index (χ1n) is 7.86. The van der Waals surface area contributed by atoms with Gasteiger partial charge in [-0.15, -0.1) is 0 Å². The number of amides is 3. The molecule has 0 spiro atoms. The molecular weight excluding hydrogens is 324 g/mol. The molecule has 24 heavy (non-hydrogen) atoms. The summed E-state index contributed by atoms with van der Waals surface area (Å²) in [6, 6.07) is 7.14. The first-order chi connectivity index (χ1) is 11.4. The average Bonchev–Trinajstić information content (AvgIpc) is 2.88. The van der Waals surface area contributed by atoms with Crippen LogP contribution in [0.15, 0.2) is 24.3 Å². The van der Waals surface area contributed by atoms with Gasteiger partial charge in [0, 0.05) is 18.8 Å². The van der Waals surface area contributed by atoms with Gasteiger partial charge in [-0.1, -0.05) is 23.5 Å². The molecule has 1 aromatic carbocycles. The van der Waals surface area contributed by atoms with Crippen molar-refractivity contribution in [2.24, 2.45) is 0 Å². The number of aromatic nitrogens is 1. The number of carbonyl (C=O) groups excluding carboxylic acids is 2. The van der Waals surface area contributed by atoms with Gasteiger partial charge in [0.15, 0.2) is 5.13 Å². The summed E-state index contributed by atoms with van der Waals surface area (Å²) < 4.78 is 0. The number of carbonyl (C=O) groups is 2. The smallest absolute Gasteiger partial charge is 0.325 e. The van der Waals surface area contributed by atoms with Gasteiger partial charge >= 0.3 is 6.03 Å². The first kappa shape index (κ1) is 17.9. The number of aryl methyl sites for hydroxylation is 2. The highest BCUT2D eigenvalue weighted by Gasteiger charge is 2.20. The third kappa shape index (κ3) is 4.32. The van der Waals surface area contributed by atoms with E-state index in [2.05, 4.69) is 15.6 Å². The highest BCUT2D eigenvalue weighted by atomic mass is 32.1. The Hall–Kier alpha value is -2.41. The van der Waals surface area contributed by atoms with Gasteiger partial charge in [0.1, 0.15) is 4.88 Å². The number of nitrogens with zero attached hydrogens (tertiary/aromatic N) is 2. The molecule has 0 unspecified atom stereocenters. The van der Waals surface area contributed by atoms with Gasteiger partial charge in [0.05, 0.1) is 5.69 Å². The van der Waals surface area contributed by atoms with Crippen LogP contribution < -0.4 is 10.6 Å². The molecule has 0 aliphatic rings. The van der Waals surface area contributed by atoms with Crippen LogP contribution in [0, 0.1) is 13.8 Å². The molecule has 0 atom stereocenters. The molecule has 6 nitrogen and oxygen atoms in total. The lowest BCUT2D eigenvalue weighted by Crippen LogP contribution is -2.30. The molecule has 2 aromatic rings. The number of thiazole rings is 1. The minimum absolute atomic E-state index is 0.0536. The van der Waals surface area contributed by atoms with Crippen molar-refractivity contribution in [1.29, 1.82) is 0 Å². The van der Waals surface area contributed by atoms with Crippen molar-refractivity contribution in [3.05, 3.63) is 40.4 Å². The van der Waals surface area contributed by atoms with E-state index in [9.17, 15) is 9.59 Å². The van der Waals surface area contributed by atoms with Crippen LogP contribution in [0.1, 0.15) is 34.8 Å². The minimum atomic E-state index is -0.379. The standard InChI is InChI=1S/C17H22N4O2S/c1-5-21(6-2)15(22)14-12(4)18-17(24-14)20-16(23)19-13-9-7-8-11(3)10-13/h7-10H,5-6H2,1-4H3,(H2,18,19,20,23). The Morgan fingerprint density at radius 1 is 1.17 bits per heavy atom. The summed E-state index contributed by atoms with van der Waals surface area (Å²) >= 11 is 1.19. The van der Waals surface area contributed by atoms with Crippen LogP contribution in [0.3, 0.4) is 0 Å². The van der Waals surface area contributed by atoms with Gasteiger partial charge in [0.25, 0.3) is 5.91 Å². The topological polar surface area (TPSA) is 74.3 Å². The van der Waals surface area contributed by atoms with Gasteiger partial charge in [-0.05, 0) is 45.4 Å². The second kappa shape index (κ2) is 7.92. The van der Waals surface area contributed by atoms with Crippen LogP contribution in [0.25, 0.3) is 0 Å². The monoisotopic (exact) mass is 346 g/mol. The van der Waals surface area contributed by atoms with Gasteiger partial charge in [-0.2, -0.15) is 0 Å². The fourth-order valence-corrected chi connectivity index (χ4v) is 3.21. The summed E-state index contributed by atoms with van der Waals surface area (Å²) in [7, 11) is 0. The number of anilines is 2. The molecule has 1 aromatic heterocycles. The van der Waals surface area contributed by atoms with Crippen LogP contribution in [0.4, 0.5) is 15.6 Å². The Morgan fingerprint density at radius 2 is 1.88 bits per heavy atom. The van der Waals surface area contributed by atoms with Gasteiger partial charge in [0.2, 0.25) is 0 Å². The Kier molecular flexibility index (Phi) is 5.92. The largest absolute Gasteiger partial charge is 0.338 e. The molecule has 0 bridgehead atoms. The maximum atomic E-state index is 12.4. The second-order valence-corrected chi connectivity index (χ2v) is 6.36. The summed E-state index contributed by atoms with van der Waals surface area (Å²) in [5.41, 5.74) is 2.40. The Balaban J connectivity index is 2.07. The summed E-state index contributed by atoms with van der Waals surface area (Å²) in [6.45, 7) is 8.89. The van der Waals surface area contributed by atoms with Crippen molar-refractivity contribution in [1.82, 2.24) is 9.88 Å². The van der Waals surface area contributed by atoms with Gasteiger partial charge in [-0.3, -0.25) is 10.1 Å².